The molecule has 122 valence electrons. The van der Waals surface area contributed by atoms with E-state index in [0.717, 1.165) is 37.6 Å². The van der Waals surface area contributed by atoms with Crippen LogP contribution in [0.5, 0.6) is 5.75 Å². The van der Waals surface area contributed by atoms with Crippen LogP contribution in [0.25, 0.3) is 0 Å². The first-order valence-electron chi connectivity index (χ1n) is 8.43. The van der Waals surface area contributed by atoms with E-state index in [1.165, 1.54) is 18.4 Å². The fraction of sp³-hybridized carbons (Fsp3) is 0.667. The second-order valence-electron chi connectivity index (χ2n) is 7.19. The Morgan fingerprint density at radius 1 is 1.41 bits per heavy atom. The fourth-order valence-corrected chi connectivity index (χ4v) is 3.14. The van der Waals surface area contributed by atoms with Gasteiger partial charge in [0.15, 0.2) is 0 Å². The number of anilines is 1. The van der Waals surface area contributed by atoms with Gasteiger partial charge in [-0.2, -0.15) is 0 Å². The van der Waals surface area contributed by atoms with Crippen molar-refractivity contribution in [2.45, 2.75) is 57.8 Å². The Morgan fingerprint density at radius 3 is 3.05 bits per heavy atom. The summed E-state index contributed by atoms with van der Waals surface area (Å²) in [5.74, 6) is 0.958. The summed E-state index contributed by atoms with van der Waals surface area (Å²) < 4.78 is 11.7. The van der Waals surface area contributed by atoms with Gasteiger partial charge in [-0.15, -0.1) is 0 Å². The van der Waals surface area contributed by atoms with E-state index in [0.29, 0.717) is 12.1 Å². The first kappa shape index (κ1) is 15.6. The van der Waals surface area contributed by atoms with Crippen LogP contribution in [0.1, 0.15) is 39.2 Å². The number of ether oxygens (including phenoxy) is 2. The molecule has 0 bridgehead atoms. The molecule has 2 aliphatic rings. The summed E-state index contributed by atoms with van der Waals surface area (Å²) in [7, 11) is 0. The van der Waals surface area contributed by atoms with E-state index < -0.39 is 0 Å². The van der Waals surface area contributed by atoms with Crippen molar-refractivity contribution in [2.75, 3.05) is 25.0 Å². The quantitative estimate of drug-likeness (QED) is 0.877. The molecule has 0 radical (unpaired) electrons. The normalized spacial score (nSPS) is 24.2. The Hall–Kier alpha value is -1.26. The Morgan fingerprint density at radius 2 is 2.27 bits per heavy atom. The van der Waals surface area contributed by atoms with Crippen molar-refractivity contribution < 1.29 is 9.47 Å². The molecule has 1 saturated heterocycles. The number of benzene rings is 1. The first-order valence-corrected chi connectivity index (χ1v) is 8.43. The lowest BCUT2D eigenvalue weighted by Crippen LogP contribution is -2.40. The minimum Gasteiger partial charge on any atom is -0.484 e. The van der Waals surface area contributed by atoms with E-state index in [2.05, 4.69) is 49.6 Å². The zero-order valence-corrected chi connectivity index (χ0v) is 13.9. The molecular formula is C18H28N2O2. The van der Waals surface area contributed by atoms with Crippen molar-refractivity contribution in [2.24, 2.45) is 0 Å². The Bertz CT molecular complexity index is 510. The standard InChI is InChI=1S/C18H28N2O2/c1-13(19-11-15-5-4-8-21-15)9-14-6-7-17-16(10-14)20-12-18(2,3)22-17/h6-7,10,13,15,19-20H,4-5,8-9,11-12H2,1-3H3. The molecular weight excluding hydrogens is 276 g/mol. The highest BCUT2D eigenvalue weighted by Gasteiger charge is 2.26. The van der Waals surface area contributed by atoms with Gasteiger partial charge in [-0.25, -0.2) is 0 Å². The molecule has 0 amide bonds. The molecule has 2 atom stereocenters. The molecule has 4 heteroatoms. The van der Waals surface area contributed by atoms with Crippen LogP contribution in [0.15, 0.2) is 18.2 Å². The molecule has 2 N–H and O–H groups in total. The lowest BCUT2D eigenvalue weighted by atomic mass is 10.0. The van der Waals surface area contributed by atoms with Crippen LogP contribution in [0, 0.1) is 0 Å². The molecule has 0 aliphatic carbocycles. The molecule has 1 aromatic rings. The van der Waals surface area contributed by atoms with E-state index in [9.17, 15) is 0 Å². The average molecular weight is 304 g/mol. The maximum absolute atomic E-state index is 6.00. The molecule has 0 saturated carbocycles. The summed E-state index contributed by atoms with van der Waals surface area (Å²) in [6.45, 7) is 9.18. The number of nitrogens with one attached hydrogen (secondary N) is 2. The monoisotopic (exact) mass is 304 g/mol. The van der Waals surface area contributed by atoms with Gasteiger partial charge in [0.1, 0.15) is 11.4 Å². The number of hydrogen-bond donors (Lipinski definition) is 2. The maximum Gasteiger partial charge on any atom is 0.143 e. The van der Waals surface area contributed by atoms with Crippen LogP contribution >= 0.6 is 0 Å². The second-order valence-corrected chi connectivity index (χ2v) is 7.19. The van der Waals surface area contributed by atoms with E-state index in [1.54, 1.807) is 0 Å². The minimum absolute atomic E-state index is 0.134. The molecule has 22 heavy (non-hydrogen) atoms. The van der Waals surface area contributed by atoms with Crippen molar-refractivity contribution in [3.8, 4) is 5.75 Å². The van der Waals surface area contributed by atoms with Gasteiger partial charge in [-0.3, -0.25) is 0 Å². The van der Waals surface area contributed by atoms with E-state index in [1.807, 2.05) is 0 Å². The summed E-state index contributed by atoms with van der Waals surface area (Å²) in [6, 6.07) is 6.93. The predicted molar refractivity (Wildman–Crippen MR) is 89.8 cm³/mol. The topological polar surface area (TPSA) is 42.5 Å². The van der Waals surface area contributed by atoms with Gasteiger partial charge in [0.2, 0.25) is 0 Å². The predicted octanol–water partition coefficient (Wildman–Crippen LogP) is 2.97. The average Bonchev–Trinajstić information content (AvgIpc) is 2.98. The molecule has 2 heterocycles. The zero-order valence-electron chi connectivity index (χ0n) is 13.9. The van der Waals surface area contributed by atoms with Crippen LogP contribution in [0.4, 0.5) is 5.69 Å². The first-order chi connectivity index (χ1) is 10.5. The van der Waals surface area contributed by atoms with Crippen LogP contribution < -0.4 is 15.4 Å². The van der Waals surface area contributed by atoms with Crippen LogP contribution in [-0.2, 0) is 11.2 Å². The summed E-state index contributed by atoms with van der Waals surface area (Å²) >= 11 is 0. The van der Waals surface area contributed by atoms with Gasteiger partial charge in [0.25, 0.3) is 0 Å². The smallest absolute Gasteiger partial charge is 0.143 e. The molecule has 2 unspecified atom stereocenters. The van der Waals surface area contributed by atoms with Gasteiger partial charge >= 0.3 is 0 Å². The third-order valence-corrected chi connectivity index (χ3v) is 4.39. The lowest BCUT2D eigenvalue weighted by Gasteiger charge is -2.33. The second kappa shape index (κ2) is 6.47. The Balaban J connectivity index is 1.54. The SMILES string of the molecule is CC(Cc1ccc2c(c1)NCC(C)(C)O2)NCC1CCCO1. The molecule has 0 spiro atoms. The Labute approximate surface area is 133 Å². The summed E-state index contributed by atoms with van der Waals surface area (Å²) in [5.41, 5.74) is 2.31. The highest BCUT2D eigenvalue weighted by atomic mass is 16.5. The van der Waals surface area contributed by atoms with Gasteiger partial charge in [-0.1, -0.05) is 6.07 Å². The summed E-state index contributed by atoms with van der Waals surface area (Å²) in [6.07, 6.45) is 3.82. The van der Waals surface area contributed by atoms with E-state index >= 15 is 0 Å². The molecule has 2 aliphatic heterocycles. The molecule has 3 rings (SSSR count). The molecule has 1 aromatic carbocycles. The van der Waals surface area contributed by atoms with Crippen LogP contribution in [0.3, 0.4) is 0 Å². The molecule has 0 aromatic heterocycles. The highest BCUT2D eigenvalue weighted by Crippen LogP contribution is 2.33. The minimum atomic E-state index is -0.134. The molecule has 4 nitrogen and oxygen atoms in total. The number of fused-ring (bicyclic) bond motifs is 1. The maximum atomic E-state index is 6.00. The van der Waals surface area contributed by atoms with Gasteiger partial charge in [-0.05, 0) is 57.7 Å². The number of hydrogen-bond acceptors (Lipinski definition) is 4. The fourth-order valence-electron chi connectivity index (χ4n) is 3.14. The van der Waals surface area contributed by atoms with Gasteiger partial charge in [0, 0.05) is 19.2 Å². The Kier molecular flexibility index (Phi) is 4.59. The molecule has 1 fully saturated rings. The van der Waals surface area contributed by atoms with E-state index in [4.69, 9.17) is 9.47 Å². The van der Waals surface area contributed by atoms with Crippen molar-refractivity contribution in [3.63, 3.8) is 0 Å². The van der Waals surface area contributed by atoms with Crippen molar-refractivity contribution in [3.05, 3.63) is 23.8 Å². The summed E-state index contributed by atoms with van der Waals surface area (Å²) in [4.78, 5) is 0. The summed E-state index contributed by atoms with van der Waals surface area (Å²) in [5, 5.41) is 7.07. The van der Waals surface area contributed by atoms with Crippen molar-refractivity contribution in [1.82, 2.24) is 5.32 Å². The van der Waals surface area contributed by atoms with E-state index in [-0.39, 0.29) is 5.60 Å². The third kappa shape index (κ3) is 3.93. The zero-order chi connectivity index (χ0) is 15.6. The van der Waals surface area contributed by atoms with Gasteiger partial charge < -0.3 is 20.1 Å². The lowest BCUT2D eigenvalue weighted by molar-refractivity contribution is 0.108. The number of rotatable bonds is 5. The van der Waals surface area contributed by atoms with Gasteiger partial charge in [0.05, 0.1) is 18.3 Å². The van der Waals surface area contributed by atoms with Crippen molar-refractivity contribution in [1.29, 1.82) is 0 Å². The van der Waals surface area contributed by atoms with Crippen LogP contribution in [0.2, 0.25) is 0 Å². The van der Waals surface area contributed by atoms with Crippen LogP contribution in [-0.4, -0.2) is 37.4 Å². The third-order valence-electron chi connectivity index (χ3n) is 4.39. The van der Waals surface area contributed by atoms with Crippen molar-refractivity contribution >= 4 is 5.69 Å². The highest BCUT2D eigenvalue weighted by molar-refractivity contribution is 5.60. The largest absolute Gasteiger partial charge is 0.484 e.